The summed E-state index contributed by atoms with van der Waals surface area (Å²) >= 11 is 1.70. The number of imidazole rings is 1. The average molecular weight is 326 g/mol. The van der Waals surface area contributed by atoms with Gasteiger partial charge in [-0.1, -0.05) is 42.1 Å². The van der Waals surface area contributed by atoms with Crippen molar-refractivity contribution in [2.45, 2.75) is 36.3 Å². The lowest BCUT2D eigenvalue weighted by atomic mass is 10.2. The van der Waals surface area contributed by atoms with Crippen LogP contribution in [-0.4, -0.2) is 26.1 Å². The zero-order chi connectivity index (χ0) is 15.5. The van der Waals surface area contributed by atoms with E-state index in [0.29, 0.717) is 0 Å². The van der Waals surface area contributed by atoms with Crippen LogP contribution in [0.5, 0.6) is 0 Å². The van der Waals surface area contributed by atoms with Gasteiger partial charge < -0.3 is 4.74 Å². The molecule has 1 aliphatic heterocycles. The summed E-state index contributed by atoms with van der Waals surface area (Å²) in [6.45, 7) is 0.811. The van der Waals surface area contributed by atoms with Crippen molar-refractivity contribution in [2.24, 2.45) is 0 Å². The van der Waals surface area contributed by atoms with Crippen LogP contribution in [0.4, 0.5) is 0 Å². The molecule has 0 radical (unpaired) electrons. The van der Waals surface area contributed by atoms with Crippen LogP contribution >= 0.6 is 11.8 Å². The largest absolute Gasteiger partial charge is 0.358 e. The predicted molar refractivity (Wildman–Crippen MR) is 90.2 cm³/mol. The van der Waals surface area contributed by atoms with Crippen molar-refractivity contribution in [1.82, 2.24) is 19.5 Å². The lowest BCUT2D eigenvalue weighted by molar-refractivity contribution is -0.0298. The second-order valence-electron chi connectivity index (χ2n) is 5.60. The first-order valence-electron chi connectivity index (χ1n) is 7.88. The van der Waals surface area contributed by atoms with Gasteiger partial charge in [0.25, 0.3) is 0 Å². The highest BCUT2D eigenvalue weighted by Gasteiger charge is 2.20. The maximum absolute atomic E-state index is 5.86. The Balaban J connectivity index is 1.59. The standard InChI is InChI=1S/C17H18N4OS/c1-2-6-13(7-3-1)10-23-17-15-16(18-11-19-17)21(12-20-15)14-8-4-5-9-22-14/h1-3,6-7,11-12,14H,4-5,8-10H2/t14-/m1/s1. The molecule has 1 aromatic carbocycles. The van der Waals surface area contributed by atoms with Crippen molar-refractivity contribution in [1.29, 1.82) is 0 Å². The SMILES string of the molecule is c1ccc(CSc2ncnc3c2ncn3[C@H]2CCCCO2)cc1. The zero-order valence-electron chi connectivity index (χ0n) is 12.8. The minimum Gasteiger partial charge on any atom is -0.358 e. The molecular weight excluding hydrogens is 308 g/mol. The summed E-state index contributed by atoms with van der Waals surface area (Å²) in [4.78, 5) is 13.4. The number of fused-ring (bicyclic) bond motifs is 1. The molecule has 6 heteroatoms. The van der Waals surface area contributed by atoms with Crippen LogP contribution in [-0.2, 0) is 10.5 Å². The van der Waals surface area contributed by atoms with E-state index in [1.165, 1.54) is 12.0 Å². The minimum absolute atomic E-state index is 0.0515. The first-order valence-corrected chi connectivity index (χ1v) is 8.86. The summed E-state index contributed by atoms with van der Waals surface area (Å²) in [6.07, 6.45) is 6.85. The van der Waals surface area contributed by atoms with Crippen LogP contribution in [0, 0.1) is 0 Å². The lowest BCUT2D eigenvalue weighted by Gasteiger charge is -2.23. The normalized spacial score (nSPS) is 18.3. The van der Waals surface area contributed by atoms with Crippen LogP contribution in [0.1, 0.15) is 31.1 Å². The monoisotopic (exact) mass is 326 g/mol. The molecule has 118 valence electrons. The number of nitrogens with zero attached hydrogens (tertiary/aromatic N) is 4. The van der Waals surface area contributed by atoms with Crippen molar-refractivity contribution >= 4 is 22.9 Å². The first kappa shape index (κ1) is 14.7. The molecule has 1 fully saturated rings. The van der Waals surface area contributed by atoms with Gasteiger partial charge >= 0.3 is 0 Å². The lowest BCUT2D eigenvalue weighted by Crippen LogP contribution is -2.17. The van der Waals surface area contributed by atoms with E-state index in [-0.39, 0.29) is 6.23 Å². The van der Waals surface area contributed by atoms with Gasteiger partial charge in [0, 0.05) is 12.4 Å². The molecule has 0 unspecified atom stereocenters. The summed E-state index contributed by atoms with van der Waals surface area (Å²) < 4.78 is 7.90. The second kappa shape index (κ2) is 6.68. The summed E-state index contributed by atoms with van der Waals surface area (Å²) in [5.74, 6) is 0.875. The molecule has 1 aliphatic rings. The third kappa shape index (κ3) is 3.09. The van der Waals surface area contributed by atoms with Gasteiger partial charge in [-0.15, -0.1) is 0 Å². The Morgan fingerprint density at radius 1 is 1.13 bits per heavy atom. The molecule has 3 aromatic rings. The van der Waals surface area contributed by atoms with E-state index in [9.17, 15) is 0 Å². The van der Waals surface area contributed by atoms with Crippen LogP contribution in [0.15, 0.2) is 48.0 Å². The van der Waals surface area contributed by atoms with E-state index in [0.717, 1.165) is 41.4 Å². The third-order valence-electron chi connectivity index (χ3n) is 4.01. The Morgan fingerprint density at radius 2 is 2.04 bits per heavy atom. The van der Waals surface area contributed by atoms with Crippen molar-refractivity contribution in [3.05, 3.63) is 48.5 Å². The number of ether oxygens (including phenoxy) is 1. The maximum Gasteiger partial charge on any atom is 0.166 e. The quantitative estimate of drug-likeness (QED) is 0.539. The molecule has 3 heterocycles. The van der Waals surface area contributed by atoms with Crippen molar-refractivity contribution in [3.63, 3.8) is 0 Å². The molecule has 0 aliphatic carbocycles. The molecule has 4 rings (SSSR count). The number of hydrogen-bond donors (Lipinski definition) is 0. The van der Waals surface area contributed by atoms with Crippen molar-refractivity contribution < 1.29 is 4.74 Å². The summed E-state index contributed by atoms with van der Waals surface area (Å²) in [7, 11) is 0. The second-order valence-corrected chi connectivity index (χ2v) is 6.56. The fourth-order valence-electron chi connectivity index (χ4n) is 2.82. The van der Waals surface area contributed by atoms with E-state index < -0.39 is 0 Å². The molecule has 5 nitrogen and oxygen atoms in total. The predicted octanol–water partition coefficient (Wildman–Crippen LogP) is 3.82. The van der Waals surface area contributed by atoms with E-state index in [2.05, 4.69) is 39.2 Å². The molecule has 0 saturated carbocycles. The molecule has 0 bridgehead atoms. The zero-order valence-corrected chi connectivity index (χ0v) is 13.6. The number of hydrogen-bond acceptors (Lipinski definition) is 5. The molecule has 0 N–H and O–H groups in total. The Labute approximate surface area is 139 Å². The van der Waals surface area contributed by atoms with Crippen LogP contribution in [0.3, 0.4) is 0 Å². The van der Waals surface area contributed by atoms with Gasteiger partial charge in [-0.05, 0) is 24.8 Å². The molecule has 0 amide bonds. The summed E-state index contributed by atoms with van der Waals surface area (Å²) in [6, 6.07) is 10.4. The number of thioether (sulfide) groups is 1. The highest BCUT2D eigenvalue weighted by atomic mass is 32.2. The van der Waals surface area contributed by atoms with Crippen LogP contribution in [0.25, 0.3) is 11.2 Å². The first-order chi connectivity index (χ1) is 11.4. The van der Waals surface area contributed by atoms with Gasteiger partial charge in [0.15, 0.2) is 5.65 Å². The Bertz CT molecular complexity index is 784. The maximum atomic E-state index is 5.86. The molecule has 23 heavy (non-hydrogen) atoms. The number of rotatable bonds is 4. The third-order valence-corrected chi connectivity index (χ3v) is 5.06. The van der Waals surface area contributed by atoms with Gasteiger partial charge in [0.2, 0.25) is 0 Å². The Morgan fingerprint density at radius 3 is 2.87 bits per heavy atom. The molecular formula is C17H18N4OS. The van der Waals surface area contributed by atoms with Gasteiger partial charge in [0.1, 0.15) is 23.1 Å². The van der Waals surface area contributed by atoms with Crippen LogP contribution in [0.2, 0.25) is 0 Å². The fraction of sp³-hybridized carbons (Fsp3) is 0.353. The van der Waals surface area contributed by atoms with Gasteiger partial charge in [-0.3, -0.25) is 4.57 Å². The van der Waals surface area contributed by atoms with Gasteiger partial charge in [-0.25, -0.2) is 15.0 Å². The van der Waals surface area contributed by atoms with E-state index >= 15 is 0 Å². The van der Waals surface area contributed by atoms with E-state index in [1.807, 2.05) is 17.0 Å². The Hall–Kier alpha value is -1.92. The molecule has 1 saturated heterocycles. The topological polar surface area (TPSA) is 52.8 Å². The summed E-state index contributed by atoms with van der Waals surface area (Å²) in [5.41, 5.74) is 3.00. The van der Waals surface area contributed by atoms with Gasteiger partial charge in [0.05, 0.1) is 6.33 Å². The van der Waals surface area contributed by atoms with Crippen molar-refractivity contribution in [2.75, 3.05) is 6.61 Å². The summed E-state index contributed by atoms with van der Waals surface area (Å²) in [5, 5.41) is 0.924. The van der Waals surface area contributed by atoms with Gasteiger partial charge in [-0.2, -0.15) is 0 Å². The fourth-order valence-corrected chi connectivity index (χ4v) is 3.71. The smallest absolute Gasteiger partial charge is 0.166 e. The number of aromatic nitrogens is 4. The highest BCUT2D eigenvalue weighted by Crippen LogP contribution is 2.30. The van der Waals surface area contributed by atoms with E-state index in [1.54, 1.807) is 18.1 Å². The van der Waals surface area contributed by atoms with Crippen LogP contribution < -0.4 is 0 Å². The van der Waals surface area contributed by atoms with E-state index in [4.69, 9.17) is 4.74 Å². The highest BCUT2D eigenvalue weighted by molar-refractivity contribution is 7.98. The van der Waals surface area contributed by atoms with Crippen molar-refractivity contribution in [3.8, 4) is 0 Å². The number of benzene rings is 1. The molecule has 2 aromatic heterocycles. The minimum atomic E-state index is 0.0515. The molecule has 0 spiro atoms. The average Bonchev–Trinajstić information content (AvgIpc) is 3.06. The Kier molecular flexibility index (Phi) is 4.26. The molecule has 1 atom stereocenters.